The van der Waals surface area contributed by atoms with Gasteiger partial charge in [-0.05, 0) is 49.6 Å². The Balaban J connectivity index is 2.09. The molecule has 0 aliphatic rings. The maximum Gasteiger partial charge on any atom is 0.242 e. The summed E-state index contributed by atoms with van der Waals surface area (Å²) in [5.41, 5.74) is 6.91. The van der Waals surface area contributed by atoms with Crippen LogP contribution in [0.1, 0.15) is 18.9 Å². The second kappa shape index (κ2) is 6.76. The van der Waals surface area contributed by atoms with Gasteiger partial charge in [0.1, 0.15) is 5.54 Å². The Bertz CT molecular complexity index is 598. The van der Waals surface area contributed by atoms with Crippen molar-refractivity contribution in [2.45, 2.75) is 25.3 Å². The number of nitrogens with two attached hydrogens (primary N) is 1. The highest BCUT2D eigenvalue weighted by Crippen LogP contribution is 2.22. The summed E-state index contributed by atoms with van der Waals surface area (Å²) in [6.07, 6.45) is 1.44. The third-order valence-corrected chi connectivity index (χ3v) is 4.09. The minimum atomic E-state index is -0.774. The first-order valence-corrected chi connectivity index (χ1v) is 7.66. The first-order chi connectivity index (χ1) is 9.99. The Morgan fingerprint density at radius 1 is 1.14 bits per heavy atom. The van der Waals surface area contributed by atoms with E-state index in [9.17, 15) is 4.79 Å². The zero-order chi connectivity index (χ0) is 15.3. The van der Waals surface area contributed by atoms with Crippen molar-refractivity contribution in [1.29, 1.82) is 0 Å². The number of halogens is 1. The summed E-state index contributed by atoms with van der Waals surface area (Å²) in [6.45, 7) is 1.85. The second-order valence-electron chi connectivity index (χ2n) is 5.31. The van der Waals surface area contributed by atoms with Crippen molar-refractivity contribution in [1.82, 2.24) is 0 Å². The molecular weight excluding hydrogens is 328 g/mol. The van der Waals surface area contributed by atoms with Gasteiger partial charge in [-0.1, -0.05) is 46.3 Å². The highest BCUT2D eigenvalue weighted by atomic mass is 79.9. The molecule has 0 spiro atoms. The van der Waals surface area contributed by atoms with Crippen molar-refractivity contribution >= 4 is 27.5 Å². The highest BCUT2D eigenvalue weighted by Gasteiger charge is 2.30. The molecule has 2 aromatic carbocycles. The Hall–Kier alpha value is -1.81. The summed E-state index contributed by atoms with van der Waals surface area (Å²) in [7, 11) is 0. The lowest BCUT2D eigenvalue weighted by Crippen LogP contribution is -2.48. The molecule has 0 bridgehead atoms. The highest BCUT2D eigenvalue weighted by molar-refractivity contribution is 9.10. The van der Waals surface area contributed by atoms with Crippen molar-refractivity contribution < 1.29 is 4.79 Å². The smallest absolute Gasteiger partial charge is 0.242 e. The van der Waals surface area contributed by atoms with Gasteiger partial charge in [-0.25, -0.2) is 0 Å². The number of amides is 1. The van der Waals surface area contributed by atoms with Crippen LogP contribution in [-0.4, -0.2) is 11.4 Å². The predicted molar refractivity (Wildman–Crippen MR) is 90.1 cm³/mol. The van der Waals surface area contributed by atoms with Gasteiger partial charge in [0.25, 0.3) is 0 Å². The van der Waals surface area contributed by atoms with E-state index in [0.717, 1.165) is 16.6 Å². The number of benzene rings is 2. The second-order valence-corrected chi connectivity index (χ2v) is 6.23. The largest absolute Gasteiger partial charge is 0.371 e. The molecule has 0 radical (unpaired) electrons. The molecule has 1 unspecified atom stereocenters. The molecule has 21 heavy (non-hydrogen) atoms. The Kier molecular flexibility index (Phi) is 5.02. The lowest BCUT2D eigenvalue weighted by Gasteiger charge is -2.28. The van der Waals surface area contributed by atoms with Crippen molar-refractivity contribution in [2.75, 3.05) is 5.32 Å². The van der Waals surface area contributed by atoms with Crippen molar-refractivity contribution in [3.05, 3.63) is 64.6 Å². The van der Waals surface area contributed by atoms with E-state index in [2.05, 4.69) is 33.4 Å². The summed E-state index contributed by atoms with van der Waals surface area (Å²) in [5, 5.41) is 3.26. The number of anilines is 1. The summed E-state index contributed by atoms with van der Waals surface area (Å²) < 4.78 is 0.998. The fraction of sp³-hybridized carbons (Fsp3) is 0.235. The van der Waals surface area contributed by atoms with Gasteiger partial charge in [0.2, 0.25) is 5.91 Å². The molecule has 2 rings (SSSR count). The summed E-state index contributed by atoms with van der Waals surface area (Å²) in [5.74, 6) is -0.346. The van der Waals surface area contributed by atoms with E-state index in [1.165, 1.54) is 5.56 Å². The maximum absolute atomic E-state index is 11.9. The minimum absolute atomic E-state index is 0.346. The molecule has 0 saturated heterocycles. The van der Waals surface area contributed by atoms with E-state index in [4.69, 9.17) is 5.73 Å². The van der Waals surface area contributed by atoms with Crippen LogP contribution in [0.4, 0.5) is 5.69 Å². The third kappa shape index (κ3) is 4.33. The number of hydrogen-bond donors (Lipinski definition) is 2. The van der Waals surface area contributed by atoms with Gasteiger partial charge in [-0.2, -0.15) is 0 Å². The normalized spacial score (nSPS) is 13.4. The molecule has 3 nitrogen and oxygen atoms in total. The molecule has 4 heteroatoms. The lowest BCUT2D eigenvalue weighted by atomic mass is 9.92. The number of rotatable bonds is 6. The first-order valence-electron chi connectivity index (χ1n) is 6.87. The van der Waals surface area contributed by atoms with Crippen LogP contribution >= 0.6 is 15.9 Å². The van der Waals surface area contributed by atoms with Crippen molar-refractivity contribution in [2.24, 2.45) is 5.73 Å². The molecule has 0 saturated carbocycles. The van der Waals surface area contributed by atoms with Gasteiger partial charge in [-0.15, -0.1) is 0 Å². The van der Waals surface area contributed by atoms with Crippen LogP contribution in [0.2, 0.25) is 0 Å². The molecule has 110 valence electrons. The van der Waals surface area contributed by atoms with E-state index in [0.29, 0.717) is 6.42 Å². The number of aryl methyl sites for hydroxylation is 1. The van der Waals surface area contributed by atoms with E-state index in [1.54, 1.807) is 0 Å². The lowest BCUT2D eigenvalue weighted by molar-refractivity contribution is -0.122. The van der Waals surface area contributed by atoms with Crippen LogP contribution < -0.4 is 11.1 Å². The Morgan fingerprint density at radius 2 is 1.76 bits per heavy atom. The molecular formula is C17H19BrN2O. The summed E-state index contributed by atoms with van der Waals surface area (Å²) in [4.78, 5) is 11.9. The van der Waals surface area contributed by atoms with Crippen LogP contribution in [0.3, 0.4) is 0 Å². The van der Waals surface area contributed by atoms with Gasteiger partial charge < -0.3 is 11.1 Å². The Morgan fingerprint density at radius 3 is 2.33 bits per heavy atom. The molecule has 1 atom stereocenters. The van der Waals surface area contributed by atoms with Crippen LogP contribution in [0.5, 0.6) is 0 Å². The van der Waals surface area contributed by atoms with Crippen molar-refractivity contribution in [3.63, 3.8) is 0 Å². The maximum atomic E-state index is 11.9. The fourth-order valence-corrected chi connectivity index (χ4v) is 2.40. The molecule has 0 aliphatic carbocycles. The van der Waals surface area contributed by atoms with Gasteiger partial charge >= 0.3 is 0 Å². The minimum Gasteiger partial charge on any atom is -0.371 e. The van der Waals surface area contributed by atoms with Crippen LogP contribution in [0.15, 0.2) is 59.1 Å². The number of hydrogen-bond acceptors (Lipinski definition) is 2. The Labute approximate surface area is 133 Å². The number of nitrogens with one attached hydrogen (secondary N) is 1. The van der Waals surface area contributed by atoms with Crippen LogP contribution in [0.25, 0.3) is 0 Å². The number of carbonyl (C=O) groups is 1. The first kappa shape index (κ1) is 15.6. The monoisotopic (exact) mass is 346 g/mol. The van der Waals surface area contributed by atoms with E-state index >= 15 is 0 Å². The predicted octanol–water partition coefficient (Wildman–Crippen LogP) is 3.74. The van der Waals surface area contributed by atoms with Crippen molar-refractivity contribution in [3.8, 4) is 0 Å². The topological polar surface area (TPSA) is 55.1 Å². The quantitative estimate of drug-likeness (QED) is 0.836. The molecule has 0 heterocycles. The average molecular weight is 347 g/mol. The van der Waals surface area contributed by atoms with E-state index in [-0.39, 0.29) is 5.91 Å². The molecule has 0 aliphatic heterocycles. The average Bonchev–Trinajstić information content (AvgIpc) is 2.48. The van der Waals surface area contributed by atoms with Gasteiger partial charge in [0.15, 0.2) is 0 Å². The number of carbonyl (C=O) groups excluding carboxylic acids is 1. The molecule has 1 amide bonds. The molecule has 3 N–H and O–H groups in total. The zero-order valence-electron chi connectivity index (χ0n) is 12.0. The molecule has 0 fully saturated rings. The standard InChI is InChI=1S/C17H19BrN2O/c1-17(16(19)21,12-11-13-5-3-2-4-6-13)20-15-9-7-14(18)8-10-15/h2-10,20H,11-12H2,1H3,(H2,19,21). The van der Waals surface area contributed by atoms with E-state index < -0.39 is 5.54 Å². The van der Waals surface area contributed by atoms with Gasteiger partial charge in [0.05, 0.1) is 0 Å². The molecule has 2 aromatic rings. The number of primary amides is 1. The van der Waals surface area contributed by atoms with Crippen LogP contribution in [0, 0.1) is 0 Å². The third-order valence-electron chi connectivity index (χ3n) is 3.56. The van der Waals surface area contributed by atoms with Gasteiger partial charge in [-0.3, -0.25) is 4.79 Å². The van der Waals surface area contributed by atoms with Gasteiger partial charge in [0, 0.05) is 10.2 Å². The summed E-state index contributed by atoms with van der Waals surface area (Å²) >= 11 is 3.40. The fourth-order valence-electron chi connectivity index (χ4n) is 2.14. The molecule has 0 aromatic heterocycles. The SMILES string of the molecule is CC(CCc1ccccc1)(Nc1ccc(Br)cc1)C(N)=O. The van der Waals surface area contributed by atoms with E-state index in [1.807, 2.05) is 49.4 Å². The summed E-state index contributed by atoms with van der Waals surface area (Å²) in [6, 6.07) is 17.8. The van der Waals surface area contributed by atoms with Crippen LogP contribution in [-0.2, 0) is 11.2 Å². The zero-order valence-corrected chi connectivity index (χ0v) is 13.6.